The third-order valence-corrected chi connectivity index (χ3v) is 3.70. The Kier molecular flexibility index (Phi) is 11.5. The van der Waals surface area contributed by atoms with Crippen LogP contribution in [0.2, 0.25) is 0 Å². The number of nitrogens with one attached hydrogen (secondary N) is 3. The van der Waals surface area contributed by atoms with E-state index in [1.54, 1.807) is 14.2 Å². The minimum Gasteiger partial charge on any atom is -0.497 e. The molecule has 152 valence electrons. The molecule has 0 aliphatic carbocycles. The van der Waals surface area contributed by atoms with Gasteiger partial charge in [-0.1, -0.05) is 30.3 Å². The van der Waals surface area contributed by atoms with E-state index < -0.39 is 0 Å². The number of nitrogens with zero attached hydrogens (tertiary/aromatic N) is 1. The molecule has 2 aromatic carbocycles. The Balaban J connectivity index is 0.00000392. The number of hydrogen-bond donors (Lipinski definition) is 3. The molecule has 0 radical (unpaired) electrons. The Bertz CT molecular complexity index is 724. The highest BCUT2D eigenvalue weighted by Gasteiger charge is 2.04. The first-order valence-electron chi connectivity index (χ1n) is 8.73. The molecule has 2 aromatic rings. The van der Waals surface area contributed by atoms with E-state index in [-0.39, 0.29) is 36.4 Å². The van der Waals surface area contributed by atoms with Crippen molar-refractivity contribution in [1.29, 1.82) is 0 Å². The van der Waals surface area contributed by atoms with Gasteiger partial charge in [-0.15, -0.1) is 24.0 Å². The van der Waals surface area contributed by atoms with Crippen LogP contribution in [0.25, 0.3) is 0 Å². The molecule has 0 atom stereocenters. The summed E-state index contributed by atoms with van der Waals surface area (Å²) in [5.74, 6) is 2.04. The lowest BCUT2D eigenvalue weighted by atomic mass is 10.2. The standard InChI is InChI=1S/C20H26N4O3.HI/c1-21-20(22-12-13-27-18-6-4-3-5-7-18)24-15-19(25)23-14-16-8-10-17(26-2)11-9-16;/h3-11H,12-15H2,1-2H3,(H,23,25)(H2,21,22,24);1H. The SMILES string of the molecule is CN=C(NCCOc1ccccc1)NCC(=O)NCc1ccc(OC)cc1.I. The number of methoxy groups -OCH3 is 1. The van der Waals surface area contributed by atoms with Crippen LogP contribution >= 0.6 is 24.0 Å². The summed E-state index contributed by atoms with van der Waals surface area (Å²) in [4.78, 5) is 16.1. The summed E-state index contributed by atoms with van der Waals surface area (Å²) in [5.41, 5.74) is 1.00. The van der Waals surface area contributed by atoms with Crippen molar-refractivity contribution >= 4 is 35.8 Å². The molecule has 0 heterocycles. The first-order chi connectivity index (χ1) is 13.2. The number of aliphatic imine (C=N–C) groups is 1. The van der Waals surface area contributed by atoms with E-state index in [1.165, 1.54) is 0 Å². The predicted octanol–water partition coefficient (Wildman–Crippen LogP) is 2.17. The van der Waals surface area contributed by atoms with Crippen molar-refractivity contribution in [2.45, 2.75) is 6.54 Å². The van der Waals surface area contributed by atoms with Gasteiger partial charge >= 0.3 is 0 Å². The maximum atomic E-state index is 12.0. The van der Waals surface area contributed by atoms with Crippen LogP contribution < -0.4 is 25.4 Å². The summed E-state index contributed by atoms with van der Waals surface area (Å²) in [6.45, 7) is 1.66. The van der Waals surface area contributed by atoms with Crippen molar-refractivity contribution < 1.29 is 14.3 Å². The summed E-state index contributed by atoms with van der Waals surface area (Å²) in [6, 6.07) is 17.2. The third-order valence-electron chi connectivity index (χ3n) is 3.70. The molecule has 28 heavy (non-hydrogen) atoms. The first kappa shape index (κ1) is 23.5. The van der Waals surface area contributed by atoms with Gasteiger partial charge in [-0.3, -0.25) is 9.79 Å². The minimum atomic E-state index is -0.116. The normalized spacial score (nSPS) is 10.4. The van der Waals surface area contributed by atoms with E-state index in [2.05, 4.69) is 20.9 Å². The number of rotatable bonds is 9. The van der Waals surface area contributed by atoms with Crippen molar-refractivity contribution in [2.75, 3.05) is 33.9 Å². The van der Waals surface area contributed by atoms with Gasteiger partial charge in [-0.2, -0.15) is 0 Å². The molecular formula is C20H27IN4O3. The van der Waals surface area contributed by atoms with Crippen molar-refractivity contribution in [3.8, 4) is 11.5 Å². The summed E-state index contributed by atoms with van der Waals surface area (Å²) in [7, 11) is 3.28. The fourth-order valence-corrected chi connectivity index (χ4v) is 2.25. The molecule has 3 N–H and O–H groups in total. The number of amides is 1. The van der Waals surface area contributed by atoms with Crippen LogP contribution in [0, 0.1) is 0 Å². The zero-order valence-electron chi connectivity index (χ0n) is 16.1. The predicted molar refractivity (Wildman–Crippen MR) is 122 cm³/mol. The van der Waals surface area contributed by atoms with Crippen LogP contribution in [0.5, 0.6) is 11.5 Å². The van der Waals surface area contributed by atoms with Crippen LogP contribution in [0.4, 0.5) is 0 Å². The van der Waals surface area contributed by atoms with Crippen LogP contribution in [0.1, 0.15) is 5.56 Å². The first-order valence-corrected chi connectivity index (χ1v) is 8.73. The lowest BCUT2D eigenvalue weighted by molar-refractivity contribution is -0.120. The van der Waals surface area contributed by atoms with Gasteiger partial charge in [0.2, 0.25) is 5.91 Å². The molecule has 0 aliphatic heterocycles. The van der Waals surface area contributed by atoms with Gasteiger partial charge in [-0.25, -0.2) is 0 Å². The second-order valence-electron chi connectivity index (χ2n) is 5.64. The lowest BCUT2D eigenvalue weighted by Gasteiger charge is -2.12. The van der Waals surface area contributed by atoms with E-state index in [0.717, 1.165) is 17.1 Å². The fourth-order valence-electron chi connectivity index (χ4n) is 2.25. The number of para-hydroxylation sites is 1. The van der Waals surface area contributed by atoms with Crippen LogP contribution in [-0.4, -0.2) is 45.7 Å². The lowest BCUT2D eigenvalue weighted by Crippen LogP contribution is -2.44. The van der Waals surface area contributed by atoms with E-state index in [9.17, 15) is 4.79 Å². The fraction of sp³-hybridized carbons (Fsp3) is 0.300. The Morgan fingerprint density at radius 1 is 0.964 bits per heavy atom. The van der Waals surface area contributed by atoms with Crippen molar-refractivity contribution in [1.82, 2.24) is 16.0 Å². The second-order valence-corrected chi connectivity index (χ2v) is 5.64. The molecule has 0 saturated heterocycles. The highest BCUT2D eigenvalue weighted by atomic mass is 127. The van der Waals surface area contributed by atoms with E-state index >= 15 is 0 Å². The van der Waals surface area contributed by atoms with Gasteiger partial charge in [0, 0.05) is 13.6 Å². The third kappa shape index (κ3) is 8.94. The molecule has 2 rings (SSSR count). The van der Waals surface area contributed by atoms with E-state index in [1.807, 2.05) is 54.6 Å². The topological polar surface area (TPSA) is 84.0 Å². The molecule has 0 unspecified atom stereocenters. The van der Waals surface area contributed by atoms with Gasteiger partial charge < -0.3 is 25.4 Å². The highest BCUT2D eigenvalue weighted by molar-refractivity contribution is 14.0. The molecule has 0 spiro atoms. The van der Waals surface area contributed by atoms with Crippen molar-refractivity contribution in [3.63, 3.8) is 0 Å². The minimum absolute atomic E-state index is 0. The number of benzene rings is 2. The molecule has 7 nitrogen and oxygen atoms in total. The monoisotopic (exact) mass is 498 g/mol. The molecule has 1 amide bonds. The Hall–Kier alpha value is -2.49. The summed E-state index contributed by atoms with van der Waals surface area (Å²) < 4.78 is 10.7. The molecule has 0 saturated carbocycles. The van der Waals surface area contributed by atoms with Crippen LogP contribution in [-0.2, 0) is 11.3 Å². The quantitative estimate of drug-likeness (QED) is 0.214. The summed E-state index contributed by atoms with van der Waals surface area (Å²) in [5, 5.41) is 8.93. The number of carbonyl (C=O) groups excluding carboxylic acids is 1. The smallest absolute Gasteiger partial charge is 0.239 e. The van der Waals surface area contributed by atoms with Crippen LogP contribution in [0.15, 0.2) is 59.6 Å². The van der Waals surface area contributed by atoms with Gasteiger partial charge in [0.15, 0.2) is 5.96 Å². The van der Waals surface area contributed by atoms with Crippen molar-refractivity contribution in [3.05, 3.63) is 60.2 Å². The average molecular weight is 498 g/mol. The zero-order valence-corrected chi connectivity index (χ0v) is 18.4. The van der Waals surface area contributed by atoms with Gasteiger partial charge in [0.1, 0.15) is 18.1 Å². The van der Waals surface area contributed by atoms with E-state index in [4.69, 9.17) is 9.47 Å². The molecule has 0 aliphatic rings. The summed E-state index contributed by atoms with van der Waals surface area (Å²) >= 11 is 0. The Morgan fingerprint density at radius 3 is 2.32 bits per heavy atom. The molecule has 0 aromatic heterocycles. The number of carbonyl (C=O) groups is 1. The Labute approximate surface area is 182 Å². The van der Waals surface area contributed by atoms with Gasteiger partial charge in [0.05, 0.1) is 20.2 Å². The average Bonchev–Trinajstić information content (AvgIpc) is 2.72. The largest absolute Gasteiger partial charge is 0.497 e. The number of halogens is 1. The Morgan fingerprint density at radius 2 is 1.68 bits per heavy atom. The number of guanidine groups is 1. The maximum Gasteiger partial charge on any atom is 0.239 e. The van der Waals surface area contributed by atoms with Gasteiger partial charge in [-0.05, 0) is 29.8 Å². The van der Waals surface area contributed by atoms with Crippen LogP contribution in [0.3, 0.4) is 0 Å². The number of hydrogen-bond acceptors (Lipinski definition) is 4. The number of ether oxygens (including phenoxy) is 2. The molecule has 0 bridgehead atoms. The maximum absolute atomic E-state index is 12.0. The van der Waals surface area contributed by atoms with E-state index in [0.29, 0.717) is 25.7 Å². The summed E-state index contributed by atoms with van der Waals surface area (Å²) in [6.07, 6.45) is 0. The highest BCUT2D eigenvalue weighted by Crippen LogP contribution is 2.10. The van der Waals surface area contributed by atoms with Crippen molar-refractivity contribution in [2.24, 2.45) is 4.99 Å². The van der Waals surface area contributed by atoms with Gasteiger partial charge in [0.25, 0.3) is 0 Å². The molecular weight excluding hydrogens is 471 g/mol. The molecule has 0 fully saturated rings. The zero-order chi connectivity index (χ0) is 19.3. The second kappa shape index (κ2) is 13.6. The molecule has 8 heteroatoms.